The quantitative estimate of drug-likeness (QED) is 0.138. The average Bonchev–Trinajstić information content (AvgIpc) is 3.53. The van der Waals surface area contributed by atoms with Gasteiger partial charge in [0.1, 0.15) is 18.7 Å². The van der Waals surface area contributed by atoms with Gasteiger partial charge in [-0.05, 0) is 43.9 Å². The predicted molar refractivity (Wildman–Crippen MR) is 203 cm³/mol. The summed E-state index contributed by atoms with van der Waals surface area (Å²) in [5.41, 5.74) is 0.0957. The summed E-state index contributed by atoms with van der Waals surface area (Å²) in [4.78, 5) is 69.6. The second-order valence-electron chi connectivity index (χ2n) is 14.4. The van der Waals surface area contributed by atoms with E-state index in [-0.39, 0.29) is 60.0 Å². The van der Waals surface area contributed by atoms with Crippen molar-refractivity contribution in [1.29, 1.82) is 0 Å². The zero-order valence-corrected chi connectivity index (χ0v) is 34.0. The third kappa shape index (κ3) is 16.4. The lowest BCUT2D eigenvalue weighted by molar-refractivity contribution is -0.159. The highest BCUT2D eigenvalue weighted by Crippen LogP contribution is 2.32. The third-order valence-electron chi connectivity index (χ3n) is 8.97. The molecule has 0 aromatic heterocycles. The Morgan fingerprint density at radius 2 is 1.64 bits per heavy atom. The summed E-state index contributed by atoms with van der Waals surface area (Å²) in [5, 5.41) is 17.1. The molecule has 50 heavy (non-hydrogen) atoms. The number of ether oxygens (including phenoxy) is 1. The molecule has 0 aromatic carbocycles. The molecule has 1 aliphatic rings. The first kappa shape index (κ1) is 47.1. The fourth-order valence-electron chi connectivity index (χ4n) is 5.03. The van der Waals surface area contributed by atoms with Crippen molar-refractivity contribution in [2.45, 2.75) is 126 Å². The van der Waals surface area contributed by atoms with Crippen molar-refractivity contribution in [3.63, 3.8) is 0 Å². The van der Waals surface area contributed by atoms with Crippen LogP contribution in [0.15, 0.2) is 16.6 Å². The number of likely N-dealkylation sites (N-methyl/N-ethyl adjacent to an activating group) is 3. The number of thioether (sulfide) groups is 1. The Kier molecular flexibility index (Phi) is 21.5. The van der Waals surface area contributed by atoms with E-state index in [9.17, 15) is 29.1 Å². The van der Waals surface area contributed by atoms with Crippen molar-refractivity contribution < 1.29 is 33.8 Å². The van der Waals surface area contributed by atoms with E-state index in [1.165, 1.54) is 23.9 Å². The van der Waals surface area contributed by atoms with E-state index in [1.54, 1.807) is 38.7 Å². The summed E-state index contributed by atoms with van der Waals surface area (Å²) in [6, 6.07) is -0.902. The topological polar surface area (TPSA) is 158 Å². The van der Waals surface area contributed by atoms with Gasteiger partial charge in [-0.3, -0.25) is 29.0 Å². The average molecular weight is 726 g/mol. The van der Waals surface area contributed by atoms with Gasteiger partial charge in [0.2, 0.25) is 23.6 Å². The standard InChI is InChI=1S/C35H61N5O7S.C2H6/c1-13-21(2)16-29(42)39(11)19-31(44)47-28(35(7,8)9)15-22(3)14-27(41)24(5)34-38-26(20-48-34)17-23(4)32(45)37-18-30(43)40(12)25(6)33(46)36-10;1-2/h17,21-22,24-28,41H,13-16,18-20H2,1-12H3,(H,36,46)(H,37,45);1-2H3/b23-17+;/t21?,22-,24+,25-,26?,27?,28?;/m0./s1. The van der Waals surface area contributed by atoms with Gasteiger partial charge in [-0.1, -0.05) is 74.8 Å². The molecule has 0 saturated heterocycles. The minimum absolute atomic E-state index is 0.0407. The monoisotopic (exact) mass is 725 g/mol. The minimum atomic E-state index is -0.667. The van der Waals surface area contributed by atoms with Crippen LogP contribution < -0.4 is 10.6 Å². The van der Waals surface area contributed by atoms with Crippen LogP contribution in [0.25, 0.3) is 0 Å². The molecule has 12 nitrogen and oxygen atoms in total. The molecule has 0 radical (unpaired) electrons. The molecule has 0 aliphatic carbocycles. The van der Waals surface area contributed by atoms with Gasteiger partial charge in [0.05, 0.1) is 23.7 Å². The van der Waals surface area contributed by atoms with E-state index in [1.807, 2.05) is 62.3 Å². The Labute approximate surface area is 306 Å². The summed E-state index contributed by atoms with van der Waals surface area (Å²) >= 11 is 1.55. The van der Waals surface area contributed by atoms with Gasteiger partial charge in [0.25, 0.3) is 0 Å². The highest BCUT2D eigenvalue weighted by Gasteiger charge is 2.33. The van der Waals surface area contributed by atoms with E-state index >= 15 is 0 Å². The maximum absolute atomic E-state index is 12.8. The molecule has 0 fully saturated rings. The fraction of sp³-hybridized carbons (Fsp3) is 0.784. The van der Waals surface area contributed by atoms with Crippen LogP contribution in [0.3, 0.4) is 0 Å². The smallest absolute Gasteiger partial charge is 0.325 e. The molecule has 0 spiro atoms. The van der Waals surface area contributed by atoms with Crippen LogP contribution >= 0.6 is 11.8 Å². The van der Waals surface area contributed by atoms with Crippen molar-refractivity contribution in [3.8, 4) is 0 Å². The van der Waals surface area contributed by atoms with Gasteiger partial charge in [0.15, 0.2) is 0 Å². The van der Waals surface area contributed by atoms with E-state index < -0.39 is 30.1 Å². The lowest BCUT2D eigenvalue weighted by Crippen LogP contribution is -2.48. The molecule has 13 heteroatoms. The molecular formula is C37H67N5O7S. The van der Waals surface area contributed by atoms with Crippen molar-refractivity contribution in [2.24, 2.45) is 28.2 Å². The number of hydrogen-bond donors (Lipinski definition) is 3. The van der Waals surface area contributed by atoms with E-state index in [2.05, 4.69) is 10.6 Å². The number of carbonyl (C=O) groups excluding carboxylic acids is 5. The first-order valence-corrected chi connectivity index (χ1v) is 19.0. The number of nitrogens with one attached hydrogen (secondary N) is 2. The van der Waals surface area contributed by atoms with Crippen molar-refractivity contribution in [3.05, 3.63) is 11.6 Å². The van der Waals surface area contributed by atoms with E-state index in [0.29, 0.717) is 30.6 Å². The maximum atomic E-state index is 12.8. The van der Waals surface area contributed by atoms with Gasteiger partial charge >= 0.3 is 5.97 Å². The fourth-order valence-corrected chi connectivity index (χ4v) is 6.17. The Morgan fingerprint density at radius 3 is 2.18 bits per heavy atom. The third-order valence-corrected chi connectivity index (χ3v) is 10.3. The molecule has 0 bridgehead atoms. The molecule has 4 unspecified atom stereocenters. The minimum Gasteiger partial charge on any atom is -0.460 e. The number of amides is 4. The van der Waals surface area contributed by atoms with Crippen LogP contribution in [-0.4, -0.2) is 114 Å². The van der Waals surface area contributed by atoms with Crippen molar-refractivity contribution >= 4 is 46.4 Å². The number of aliphatic hydroxyl groups excluding tert-OH is 1. The van der Waals surface area contributed by atoms with Gasteiger partial charge in [-0.15, -0.1) is 11.8 Å². The highest BCUT2D eigenvalue weighted by molar-refractivity contribution is 8.14. The number of hydrogen-bond acceptors (Lipinski definition) is 9. The Hall–Kier alpha value is -2.93. The Bertz CT molecular complexity index is 1190. The molecule has 3 N–H and O–H groups in total. The van der Waals surface area contributed by atoms with Gasteiger partial charge in [0, 0.05) is 44.8 Å². The Balaban J connectivity index is 0.0000118. The normalized spacial score (nSPS) is 18.2. The molecular weight excluding hydrogens is 659 g/mol. The molecule has 7 atom stereocenters. The van der Waals surface area contributed by atoms with Gasteiger partial charge in [-0.25, -0.2) is 0 Å². The lowest BCUT2D eigenvalue weighted by atomic mass is 9.81. The second-order valence-corrected chi connectivity index (χ2v) is 15.5. The van der Waals surface area contributed by atoms with Crippen LogP contribution in [-0.2, 0) is 28.7 Å². The van der Waals surface area contributed by atoms with Crippen LogP contribution in [0.1, 0.15) is 102 Å². The molecule has 1 rings (SSSR count). The van der Waals surface area contributed by atoms with Gasteiger partial charge < -0.3 is 30.3 Å². The number of nitrogens with zero attached hydrogens (tertiary/aromatic N) is 3. The Morgan fingerprint density at radius 1 is 1.04 bits per heavy atom. The molecule has 288 valence electrons. The summed E-state index contributed by atoms with van der Waals surface area (Å²) in [6.45, 7) is 21.0. The second kappa shape index (κ2) is 22.8. The van der Waals surface area contributed by atoms with Crippen LogP contribution in [0.2, 0.25) is 0 Å². The number of aliphatic imine (C=N–C) groups is 1. The number of rotatable bonds is 18. The predicted octanol–water partition coefficient (Wildman–Crippen LogP) is 4.45. The first-order chi connectivity index (χ1) is 23.2. The molecule has 0 aromatic rings. The largest absolute Gasteiger partial charge is 0.460 e. The number of esters is 1. The van der Waals surface area contributed by atoms with Crippen molar-refractivity contribution in [2.75, 3.05) is 40.0 Å². The van der Waals surface area contributed by atoms with E-state index in [4.69, 9.17) is 9.73 Å². The molecule has 0 saturated carbocycles. The lowest BCUT2D eigenvalue weighted by Gasteiger charge is -2.33. The summed E-state index contributed by atoms with van der Waals surface area (Å²) in [7, 11) is 4.63. The van der Waals surface area contributed by atoms with E-state index in [0.717, 1.165) is 11.5 Å². The molecule has 4 amide bonds. The van der Waals surface area contributed by atoms with Crippen LogP contribution in [0.5, 0.6) is 0 Å². The summed E-state index contributed by atoms with van der Waals surface area (Å²) in [5.74, 6) is -0.880. The van der Waals surface area contributed by atoms with Gasteiger partial charge in [-0.2, -0.15) is 0 Å². The van der Waals surface area contributed by atoms with Crippen molar-refractivity contribution in [1.82, 2.24) is 20.4 Å². The summed E-state index contributed by atoms with van der Waals surface area (Å²) in [6.07, 6.45) is 3.04. The SMILES string of the molecule is CC.CCC(C)CC(=O)N(C)CC(=O)OC(C[C@@H](C)CC(O)[C@@H](C)C1=NC(/C=C(\C)C(=O)NCC(=O)N(C)[C@@H](C)C(=O)NC)CS1)C(C)(C)C. The van der Waals surface area contributed by atoms with Crippen LogP contribution in [0, 0.1) is 23.2 Å². The maximum Gasteiger partial charge on any atom is 0.325 e. The zero-order valence-electron chi connectivity index (χ0n) is 33.2. The zero-order chi connectivity index (χ0) is 38.9. The van der Waals surface area contributed by atoms with Crippen LogP contribution in [0.4, 0.5) is 0 Å². The molecule has 1 heterocycles. The summed E-state index contributed by atoms with van der Waals surface area (Å²) < 4.78 is 5.90. The first-order valence-electron chi connectivity index (χ1n) is 18.0. The molecule has 1 aliphatic heterocycles. The number of carbonyl (C=O) groups is 5. The number of aliphatic hydroxyl groups is 1. The highest BCUT2D eigenvalue weighted by atomic mass is 32.2.